The summed E-state index contributed by atoms with van der Waals surface area (Å²) in [5, 5.41) is 4.99. The third-order valence-electron chi connectivity index (χ3n) is 4.02. The van der Waals surface area contributed by atoms with Gasteiger partial charge in [0, 0.05) is 11.9 Å². The number of benzene rings is 2. The number of nitrogens with zero attached hydrogens (tertiary/aromatic N) is 1. The van der Waals surface area contributed by atoms with Crippen molar-refractivity contribution in [1.82, 2.24) is 9.62 Å². The number of rotatable bonds is 2. The number of fused-ring (bicyclic) bond motifs is 1. The van der Waals surface area contributed by atoms with Crippen molar-refractivity contribution in [2.75, 3.05) is 19.8 Å². The van der Waals surface area contributed by atoms with E-state index in [2.05, 4.69) is 5.32 Å². The van der Waals surface area contributed by atoms with Gasteiger partial charge in [-0.05, 0) is 43.3 Å². The van der Waals surface area contributed by atoms with E-state index in [0.717, 1.165) is 35.7 Å². The predicted octanol–water partition coefficient (Wildman–Crippen LogP) is 2.90. The molecule has 6 heteroatoms. The first-order valence-corrected chi connectivity index (χ1v) is 8.74. The maximum Gasteiger partial charge on any atom is 0.244 e. The molecule has 0 amide bonds. The lowest BCUT2D eigenvalue weighted by molar-refractivity contribution is 0.408. The molecule has 1 fully saturated rings. The average molecular weight is 341 g/mol. The van der Waals surface area contributed by atoms with Gasteiger partial charge >= 0.3 is 0 Å². The number of aryl methyl sites for hydroxylation is 1. The molecule has 1 aliphatic heterocycles. The SMILES string of the molecule is Cc1cccc2c(S(=O)(=O)N3CCCCNC3)cccc12.Cl. The number of sulfonamides is 1. The van der Waals surface area contributed by atoms with Crippen molar-refractivity contribution in [1.29, 1.82) is 0 Å². The highest BCUT2D eigenvalue weighted by Crippen LogP contribution is 2.27. The van der Waals surface area contributed by atoms with Gasteiger partial charge in [-0.3, -0.25) is 0 Å². The smallest absolute Gasteiger partial charge is 0.244 e. The molecule has 2 aromatic carbocycles. The Morgan fingerprint density at radius 2 is 1.77 bits per heavy atom. The lowest BCUT2D eigenvalue weighted by Gasteiger charge is -2.21. The third-order valence-corrected chi connectivity index (χ3v) is 5.92. The minimum Gasteiger partial charge on any atom is -0.303 e. The first-order valence-electron chi connectivity index (χ1n) is 7.30. The van der Waals surface area contributed by atoms with Crippen LogP contribution in [0.1, 0.15) is 18.4 Å². The van der Waals surface area contributed by atoms with Crippen LogP contribution in [0.4, 0.5) is 0 Å². The quantitative estimate of drug-likeness (QED) is 0.914. The van der Waals surface area contributed by atoms with Crippen LogP contribution in [0.3, 0.4) is 0 Å². The Labute approximate surface area is 138 Å². The molecule has 1 saturated heterocycles. The van der Waals surface area contributed by atoms with Crippen LogP contribution in [0.15, 0.2) is 41.3 Å². The molecule has 2 aromatic rings. The Kier molecular flexibility index (Phi) is 5.45. The number of halogens is 1. The summed E-state index contributed by atoms with van der Waals surface area (Å²) in [6, 6.07) is 11.3. The average Bonchev–Trinajstić information content (AvgIpc) is 2.77. The zero-order chi connectivity index (χ0) is 14.9. The maximum atomic E-state index is 13.0. The first-order chi connectivity index (χ1) is 10.1. The Hall–Kier alpha value is -1.14. The zero-order valence-electron chi connectivity index (χ0n) is 12.6. The number of hydrogen-bond acceptors (Lipinski definition) is 3. The van der Waals surface area contributed by atoms with E-state index in [4.69, 9.17) is 0 Å². The lowest BCUT2D eigenvalue weighted by atomic mass is 10.1. The highest BCUT2D eigenvalue weighted by atomic mass is 35.5. The van der Waals surface area contributed by atoms with Crippen LogP contribution in [-0.4, -0.2) is 32.5 Å². The van der Waals surface area contributed by atoms with E-state index in [1.165, 1.54) is 0 Å². The molecule has 0 aliphatic carbocycles. The van der Waals surface area contributed by atoms with Crippen molar-refractivity contribution < 1.29 is 8.42 Å². The highest BCUT2D eigenvalue weighted by molar-refractivity contribution is 7.89. The van der Waals surface area contributed by atoms with Crippen molar-refractivity contribution >= 4 is 33.2 Å². The Balaban J connectivity index is 0.00000176. The van der Waals surface area contributed by atoms with Crippen LogP contribution in [0.25, 0.3) is 10.8 Å². The molecule has 0 saturated carbocycles. The van der Waals surface area contributed by atoms with E-state index < -0.39 is 10.0 Å². The summed E-state index contributed by atoms with van der Waals surface area (Å²) >= 11 is 0. The molecule has 3 rings (SSSR count). The molecule has 22 heavy (non-hydrogen) atoms. The Morgan fingerprint density at radius 3 is 2.59 bits per heavy atom. The van der Waals surface area contributed by atoms with Gasteiger partial charge in [0.25, 0.3) is 0 Å². The molecule has 0 aromatic heterocycles. The molecule has 1 aliphatic rings. The van der Waals surface area contributed by atoms with Gasteiger partial charge in [-0.15, -0.1) is 12.4 Å². The van der Waals surface area contributed by atoms with Gasteiger partial charge in [0.15, 0.2) is 0 Å². The maximum absolute atomic E-state index is 13.0. The van der Waals surface area contributed by atoms with Crippen molar-refractivity contribution in [3.63, 3.8) is 0 Å². The highest BCUT2D eigenvalue weighted by Gasteiger charge is 2.26. The summed E-state index contributed by atoms with van der Waals surface area (Å²) < 4.78 is 27.5. The Morgan fingerprint density at radius 1 is 1.05 bits per heavy atom. The molecule has 0 atom stereocenters. The first kappa shape index (κ1) is 17.2. The van der Waals surface area contributed by atoms with Crippen LogP contribution < -0.4 is 5.32 Å². The molecule has 0 unspecified atom stereocenters. The summed E-state index contributed by atoms with van der Waals surface area (Å²) in [6.07, 6.45) is 1.91. The fraction of sp³-hybridized carbons (Fsp3) is 0.375. The van der Waals surface area contributed by atoms with Crippen LogP contribution in [0.5, 0.6) is 0 Å². The largest absolute Gasteiger partial charge is 0.303 e. The molecular weight excluding hydrogens is 320 g/mol. The van der Waals surface area contributed by atoms with Crippen LogP contribution in [0, 0.1) is 6.92 Å². The summed E-state index contributed by atoms with van der Waals surface area (Å²) in [5.74, 6) is 0. The summed E-state index contributed by atoms with van der Waals surface area (Å²) in [6.45, 7) is 3.86. The van der Waals surface area contributed by atoms with E-state index in [9.17, 15) is 8.42 Å². The van der Waals surface area contributed by atoms with E-state index in [0.29, 0.717) is 18.1 Å². The predicted molar refractivity (Wildman–Crippen MR) is 91.9 cm³/mol. The fourth-order valence-electron chi connectivity index (χ4n) is 2.83. The van der Waals surface area contributed by atoms with Crippen LogP contribution >= 0.6 is 12.4 Å². The zero-order valence-corrected chi connectivity index (χ0v) is 14.2. The van der Waals surface area contributed by atoms with Crippen LogP contribution in [-0.2, 0) is 10.0 Å². The van der Waals surface area contributed by atoms with Gasteiger partial charge in [0.1, 0.15) is 0 Å². The summed E-state index contributed by atoms with van der Waals surface area (Å²) in [5.41, 5.74) is 1.10. The van der Waals surface area contributed by atoms with Gasteiger partial charge < -0.3 is 5.32 Å². The van der Waals surface area contributed by atoms with E-state index >= 15 is 0 Å². The second-order valence-electron chi connectivity index (χ2n) is 5.47. The van der Waals surface area contributed by atoms with E-state index in [1.807, 2.05) is 37.3 Å². The molecule has 0 radical (unpaired) electrons. The Bertz CT molecular complexity index is 754. The normalized spacial score (nSPS) is 17.0. The standard InChI is InChI=1S/C16H20N2O2S.ClH/c1-13-6-4-8-15-14(13)7-5-9-16(15)21(19,20)18-11-3-2-10-17-12-18;/h4-9,17H,2-3,10-12H2,1H3;1H. The lowest BCUT2D eigenvalue weighted by Crippen LogP contribution is -2.37. The van der Waals surface area contributed by atoms with E-state index in [1.54, 1.807) is 10.4 Å². The molecule has 4 nitrogen and oxygen atoms in total. The van der Waals surface area contributed by atoms with Gasteiger partial charge in [0.2, 0.25) is 10.0 Å². The topological polar surface area (TPSA) is 49.4 Å². The molecular formula is C16H21ClN2O2S. The minimum absolute atomic E-state index is 0. The summed E-state index contributed by atoms with van der Waals surface area (Å²) in [7, 11) is -3.46. The van der Waals surface area contributed by atoms with Gasteiger partial charge in [-0.1, -0.05) is 30.3 Å². The third kappa shape index (κ3) is 3.13. The van der Waals surface area contributed by atoms with Gasteiger partial charge in [0.05, 0.1) is 11.6 Å². The molecule has 0 bridgehead atoms. The molecule has 1 N–H and O–H groups in total. The van der Waals surface area contributed by atoms with Crippen molar-refractivity contribution in [2.45, 2.75) is 24.7 Å². The van der Waals surface area contributed by atoms with Crippen molar-refractivity contribution in [3.8, 4) is 0 Å². The van der Waals surface area contributed by atoms with Crippen molar-refractivity contribution in [3.05, 3.63) is 42.0 Å². The second-order valence-corrected chi connectivity index (χ2v) is 7.38. The molecule has 1 heterocycles. The van der Waals surface area contributed by atoms with Gasteiger partial charge in [-0.2, -0.15) is 4.31 Å². The van der Waals surface area contributed by atoms with Gasteiger partial charge in [-0.25, -0.2) is 8.42 Å². The van der Waals surface area contributed by atoms with Crippen molar-refractivity contribution in [2.24, 2.45) is 0 Å². The summed E-state index contributed by atoms with van der Waals surface area (Å²) in [4.78, 5) is 0.410. The number of hydrogen-bond donors (Lipinski definition) is 1. The number of nitrogens with one attached hydrogen (secondary N) is 1. The fourth-order valence-corrected chi connectivity index (χ4v) is 4.44. The monoisotopic (exact) mass is 340 g/mol. The van der Waals surface area contributed by atoms with E-state index in [-0.39, 0.29) is 12.4 Å². The molecule has 120 valence electrons. The molecule has 0 spiro atoms. The second kappa shape index (κ2) is 6.96. The minimum atomic E-state index is -3.46. The van der Waals surface area contributed by atoms with Crippen LogP contribution in [0.2, 0.25) is 0 Å².